The molecule has 0 aliphatic carbocycles. The van der Waals surface area contributed by atoms with Gasteiger partial charge in [-0.3, -0.25) is 0 Å². The number of hydrogen-bond donors (Lipinski definition) is 1. The summed E-state index contributed by atoms with van der Waals surface area (Å²) in [5.41, 5.74) is 6.64. The molecule has 0 unspecified atom stereocenters. The van der Waals surface area contributed by atoms with Crippen LogP contribution in [0.15, 0.2) is 24.4 Å². The molecule has 0 atom stereocenters. The van der Waals surface area contributed by atoms with Crippen LogP contribution in [0.25, 0.3) is 11.4 Å². The van der Waals surface area contributed by atoms with Crippen LogP contribution in [0.5, 0.6) is 0 Å². The molecule has 3 nitrogen and oxygen atoms in total. The first kappa shape index (κ1) is 10.8. The highest BCUT2D eigenvalue weighted by molar-refractivity contribution is 6.30. The van der Waals surface area contributed by atoms with E-state index in [0.29, 0.717) is 10.8 Å². The molecule has 16 heavy (non-hydrogen) atoms. The smallest absolute Gasteiger partial charge is 0.164 e. The van der Waals surface area contributed by atoms with Crippen molar-refractivity contribution in [3.8, 4) is 11.4 Å². The molecule has 2 rings (SSSR count). The van der Waals surface area contributed by atoms with Gasteiger partial charge < -0.3 is 5.73 Å². The van der Waals surface area contributed by atoms with E-state index in [1.54, 1.807) is 13.1 Å². The minimum Gasteiger partial charge on any atom is -0.383 e. The number of anilines is 1. The summed E-state index contributed by atoms with van der Waals surface area (Å²) < 4.78 is 13.5. The predicted molar refractivity (Wildman–Crippen MR) is 61.6 cm³/mol. The summed E-state index contributed by atoms with van der Waals surface area (Å²) in [6.07, 6.45) is 1.55. The summed E-state index contributed by atoms with van der Waals surface area (Å²) >= 11 is 5.78. The fourth-order valence-electron chi connectivity index (χ4n) is 1.25. The van der Waals surface area contributed by atoms with Crippen molar-refractivity contribution in [2.45, 2.75) is 6.92 Å². The SMILES string of the molecule is Cc1cnc(-c2cc(Cl)ccc2F)nc1N. The van der Waals surface area contributed by atoms with Gasteiger partial charge in [-0.05, 0) is 25.1 Å². The van der Waals surface area contributed by atoms with Gasteiger partial charge in [0.05, 0.1) is 5.56 Å². The number of halogens is 2. The van der Waals surface area contributed by atoms with Gasteiger partial charge in [-0.1, -0.05) is 11.6 Å². The average molecular weight is 238 g/mol. The van der Waals surface area contributed by atoms with Crippen LogP contribution in [-0.2, 0) is 0 Å². The molecule has 2 N–H and O–H groups in total. The quantitative estimate of drug-likeness (QED) is 0.830. The summed E-state index contributed by atoms with van der Waals surface area (Å²) in [5, 5.41) is 0.430. The minimum atomic E-state index is -0.423. The standard InChI is InChI=1S/C11H9ClFN3/c1-6-5-15-11(16-10(6)14)8-4-7(12)2-3-9(8)13/h2-5H,1H3,(H2,14,15,16). The van der Waals surface area contributed by atoms with Gasteiger partial charge in [0.15, 0.2) is 5.82 Å². The van der Waals surface area contributed by atoms with E-state index in [-0.39, 0.29) is 11.4 Å². The molecule has 0 bridgehead atoms. The Labute approximate surface area is 97.1 Å². The van der Waals surface area contributed by atoms with Crippen molar-refractivity contribution in [2.75, 3.05) is 5.73 Å². The second-order valence-corrected chi connectivity index (χ2v) is 3.82. The molecule has 0 aliphatic rings. The molecule has 2 aromatic rings. The summed E-state index contributed by atoms with van der Waals surface area (Å²) in [5.74, 6) is 0.153. The molecular formula is C11H9ClFN3. The highest BCUT2D eigenvalue weighted by atomic mass is 35.5. The summed E-state index contributed by atoms with van der Waals surface area (Å²) in [7, 11) is 0. The number of aryl methyl sites for hydroxylation is 1. The molecule has 0 aliphatic heterocycles. The molecule has 0 fully saturated rings. The third kappa shape index (κ3) is 1.97. The Morgan fingerprint density at radius 1 is 1.38 bits per heavy atom. The second-order valence-electron chi connectivity index (χ2n) is 3.39. The second kappa shape index (κ2) is 4.06. The lowest BCUT2D eigenvalue weighted by atomic mass is 10.2. The first-order chi connectivity index (χ1) is 7.58. The maximum atomic E-state index is 13.5. The molecule has 0 saturated heterocycles. The topological polar surface area (TPSA) is 51.8 Å². The molecule has 1 aromatic heterocycles. The maximum Gasteiger partial charge on any atom is 0.164 e. The minimum absolute atomic E-state index is 0.239. The van der Waals surface area contributed by atoms with Gasteiger partial charge in [0.25, 0.3) is 0 Å². The third-order valence-electron chi connectivity index (χ3n) is 2.18. The van der Waals surface area contributed by atoms with E-state index in [9.17, 15) is 4.39 Å². The largest absolute Gasteiger partial charge is 0.383 e. The molecular weight excluding hydrogens is 229 g/mol. The fraction of sp³-hybridized carbons (Fsp3) is 0.0909. The van der Waals surface area contributed by atoms with Gasteiger partial charge in [0.2, 0.25) is 0 Å². The van der Waals surface area contributed by atoms with Crippen LogP contribution in [-0.4, -0.2) is 9.97 Å². The zero-order valence-electron chi connectivity index (χ0n) is 8.54. The molecule has 5 heteroatoms. The van der Waals surface area contributed by atoms with Crippen LogP contribution in [0.4, 0.5) is 10.2 Å². The molecule has 0 saturated carbocycles. The van der Waals surface area contributed by atoms with E-state index in [4.69, 9.17) is 17.3 Å². The first-order valence-electron chi connectivity index (χ1n) is 4.62. The van der Waals surface area contributed by atoms with E-state index in [0.717, 1.165) is 5.56 Å². The fourth-order valence-corrected chi connectivity index (χ4v) is 1.43. The van der Waals surface area contributed by atoms with Gasteiger partial charge in [-0.2, -0.15) is 0 Å². The van der Waals surface area contributed by atoms with Crippen LogP contribution in [0.3, 0.4) is 0 Å². The van der Waals surface area contributed by atoms with Crippen molar-refractivity contribution in [3.05, 3.63) is 40.8 Å². The van der Waals surface area contributed by atoms with Gasteiger partial charge in [0, 0.05) is 16.8 Å². The Morgan fingerprint density at radius 3 is 2.81 bits per heavy atom. The number of aromatic nitrogens is 2. The normalized spacial score (nSPS) is 10.4. The Bertz CT molecular complexity index is 543. The zero-order valence-corrected chi connectivity index (χ0v) is 9.29. The van der Waals surface area contributed by atoms with Crippen molar-refractivity contribution >= 4 is 17.4 Å². The van der Waals surface area contributed by atoms with Crippen LogP contribution >= 0.6 is 11.6 Å². The van der Waals surface area contributed by atoms with E-state index >= 15 is 0 Å². The number of hydrogen-bond acceptors (Lipinski definition) is 3. The lowest BCUT2D eigenvalue weighted by molar-refractivity contribution is 0.630. The molecule has 1 heterocycles. The van der Waals surface area contributed by atoms with E-state index < -0.39 is 5.82 Å². The Kier molecular flexibility index (Phi) is 2.75. The van der Waals surface area contributed by atoms with Gasteiger partial charge >= 0.3 is 0 Å². The van der Waals surface area contributed by atoms with Gasteiger partial charge in [-0.15, -0.1) is 0 Å². The monoisotopic (exact) mass is 237 g/mol. The molecule has 0 amide bonds. The van der Waals surface area contributed by atoms with Crippen LogP contribution in [0, 0.1) is 12.7 Å². The maximum absolute atomic E-state index is 13.5. The Hall–Kier alpha value is -1.68. The molecule has 82 valence electrons. The summed E-state index contributed by atoms with van der Waals surface area (Å²) in [6, 6.07) is 4.22. The molecule has 0 spiro atoms. The van der Waals surface area contributed by atoms with E-state index in [1.165, 1.54) is 18.2 Å². The third-order valence-corrected chi connectivity index (χ3v) is 2.42. The highest BCUT2D eigenvalue weighted by Gasteiger charge is 2.09. The number of nitrogen functional groups attached to an aromatic ring is 1. The lowest BCUT2D eigenvalue weighted by Crippen LogP contribution is -1.99. The molecule has 1 aromatic carbocycles. The summed E-state index contributed by atoms with van der Waals surface area (Å²) in [4.78, 5) is 8.03. The lowest BCUT2D eigenvalue weighted by Gasteiger charge is -2.04. The highest BCUT2D eigenvalue weighted by Crippen LogP contribution is 2.24. The molecule has 0 radical (unpaired) electrons. The van der Waals surface area contributed by atoms with Crippen molar-refractivity contribution in [1.82, 2.24) is 9.97 Å². The number of rotatable bonds is 1. The van der Waals surface area contributed by atoms with Crippen molar-refractivity contribution in [3.63, 3.8) is 0 Å². The zero-order chi connectivity index (χ0) is 11.7. The van der Waals surface area contributed by atoms with Crippen molar-refractivity contribution in [2.24, 2.45) is 0 Å². The van der Waals surface area contributed by atoms with Gasteiger partial charge in [-0.25, -0.2) is 14.4 Å². The first-order valence-corrected chi connectivity index (χ1v) is 5.00. The van der Waals surface area contributed by atoms with Crippen LogP contribution < -0.4 is 5.73 Å². The number of benzene rings is 1. The van der Waals surface area contributed by atoms with Crippen LogP contribution in [0.1, 0.15) is 5.56 Å². The van der Waals surface area contributed by atoms with E-state index in [1.807, 2.05) is 0 Å². The summed E-state index contributed by atoms with van der Waals surface area (Å²) in [6.45, 7) is 1.79. The number of nitrogens with zero attached hydrogens (tertiary/aromatic N) is 2. The van der Waals surface area contributed by atoms with Crippen molar-refractivity contribution < 1.29 is 4.39 Å². The van der Waals surface area contributed by atoms with Crippen molar-refractivity contribution in [1.29, 1.82) is 0 Å². The average Bonchev–Trinajstić information content (AvgIpc) is 2.26. The van der Waals surface area contributed by atoms with Crippen LogP contribution in [0.2, 0.25) is 5.02 Å². The van der Waals surface area contributed by atoms with Gasteiger partial charge in [0.1, 0.15) is 11.6 Å². The number of nitrogens with two attached hydrogens (primary N) is 1. The Balaban J connectivity index is 2.58. The Morgan fingerprint density at radius 2 is 2.12 bits per heavy atom. The van der Waals surface area contributed by atoms with E-state index in [2.05, 4.69) is 9.97 Å². The predicted octanol–water partition coefficient (Wildman–Crippen LogP) is 2.83.